The second-order valence-electron chi connectivity index (χ2n) is 3.51. The lowest BCUT2D eigenvalue weighted by atomic mass is 9.89. The number of halogens is 2. The Labute approximate surface area is 77.6 Å². The maximum absolute atomic E-state index is 12.6. The Bertz CT molecular complexity index is 234. The van der Waals surface area contributed by atoms with Crippen molar-refractivity contribution in [1.29, 1.82) is 0 Å². The Kier molecular flexibility index (Phi) is 3.40. The molecule has 1 unspecified atom stereocenters. The summed E-state index contributed by atoms with van der Waals surface area (Å²) in [5, 5.41) is 0. The van der Waals surface area contributed by atoms with Crippen molar-refractivity contribution in [3.8, 4) is 0 Å². The molecule has 13 heavy (non-hydrogen) atoms. The quantitative estimate of drug-likeness (QED) is 0.672. The molecule has 1 aromatic rings. The SMILES string of the molecule is CC(C)C(c1ccccc1)C(F)F. The van der Waals surface area contributed by atoms with Crippen molar-refractivity contribution in [3.05, 3.63) is 35.9 Å². The van der Waals surface area contributed by atoms with E-state index < -0.39 is 12.3 Å². The fourth-order valence-electron chi connectivity index (χ4n) is 1.50. The third kappa shape index (κ3) is 2.51. The van der Waals surface area contributed by atoms with E-state index >= 15 is 0 Å². The summed E-state index contributed by atoms with van der Waals surface area (Å²) in [7, 11) is 0. The normalized spacial score (nSPS) is 13.7. The first kappa shape index (κ1) is 10.2. The molecule has 1 aromatic carbocycles. The highest BCUT2D eigenvalue weighted by molar-refractivity contribution is 5.20. The van der Waals surface area contributed by atoms with E-state index in [0.717, 1.165) is 5.56 Å². The standard InChI is InChI=1S/C11H14F2/c1-8(2)10(11(12)13)9-6-4-3-5-7-9/h3-8,10-11H,1-2H3. The molecule has 1 rings (SSSR count). The van der Waals surface area contributed by atoms with Crippen LogP contribution in [0.5, 0.6) is 0 Å². The summed E-state index contributed by atoms with van der Waals surface area (Å²) in [5.74, 6) is -0.663. The Morgan fingerprint density at radius 3 is 1.92 bits per heavy atom. The van der Waals surface area contributed by atoms with Gasteiger partial charge in [-0.1, -0.05) is 44.2 Å². The highest BCUT2D eigenvalue weighted by Crippen LogP contribution is 2.30. The smallest absolute Gasteiger partial charge is 0.210 e. The van der Waals surface area contributed by atoms with Gasteiger partial charge in [0.15, 0.2) is 0 Å². The summed E-state index contributed by atoms with van der Waals surface area (Å²) < 4.78 is 25.3. The Hall–Kier alpha value is -0.920. The van der Waals surface area contributed by atoms with E-state index in [2.05, 4.69) is 0 Å². The van der Waals surface area contributed by atoms with Gasteiger partial charge in [-0.15, -0.1) is 0 Å². The topological polar surface area (TPSA) is 0 Å². The monoisotopic (exact) mass is 184 g/mol. The van der Waals surface area contributed by atoms with E-state index in [9.17, 15) is 8.78 Å². The maximum Gasteiger partial charge on any atom is 0.245 e. The largest absolute Gasteiger partial charge is 0.245 e. The average Bonchev–Trinajstić information content (AvgIpc) is 2.04. The van der Waals surface area contributed by atoms with Crippen LogP contribution in [0.2, 0.25) is 0 Å². The van der Waals surface area contributed by atoms with Crippen molar-refractivity contribution in [2.24, 2.45) is 5.92 Å². The van der Waals surface area contributed by atoms with Crippen LogP contribution in [0.25, 0.3) is 0 Å². The summed E-state index contributed by atoms with van der Waals surface area (Å²) in [6.07, 6.45) is -2.28. The van der Waals surface area contributed by atoms with Crippen LogP contribution in [0, 0.1) is 5.92 Å². The highest BCUT2D eigenvalue weighted by Gasteiger charge is 2.25. The molecule has 0 saturated carbocycles. The van der Waals surface area contributed by atoms with Crippen LogP contribution in [-0.2, 0) is 0 Å². The zero-order valence-electron chi connectivity index (χ0n) is 7.87. The Morgan fingerprint density at radius 2 is 1.54 bits per heavy atom. The van der Waals surface area contributed by atoms with E-state index in [-0.39, 0.29) is 5.92 Å². The first-order valence-corrected chi connectivity index (χ1v) is 4.46. The van der Waals surface area contributed by atoms with Crippen LogP contribution < -0.4 is 0 Å². The van der Waals surface area contributed by atoms with Gasteiger partial charge in [-0.2, -0.15) is 0 Å². The van der Waals surface area contributed by atoms with Crippen LogP contribution in [-0.4, -0.2) is 6.43 Å². The number of rotatable bonds is 3. The molecule has 0 bridgehead atoms. The van der Waals surface area contributed by atoms with Crippen LogP contribution >= 0.6 is 0 Å². The van der Waals surface area contributed by atoms with Gasteiger partial charge < -0.3 is 0 Å². The predicted molar refractivity (Wildman–Crippen MR) is 50.0 cm³/mol. The second kappa shape index (κ2) is 4.35. The van der Waals surface area contributed by atoms with Crippen LogP contribution in [0.4, 0.5) is 8.78 Å². The first-order valence-electron chi connectivity index (χ1n) is 4.46. The van der Waals surface area contributed by atoms with Crippen LogP contribution in [0.15, 0.2) is 30.3 Å². The molecule has 0 aliphatic carbocycles. The van der Waals surface area contributed by atoms with Gasteiger partial charge in [-0.05, 0) is 11.5 Å². The summed E-state index contributed by atoms with van der Waals surface area (Å²) in [4.78, 5) is 0. The maximum atomic E-state index is 12.6. The third-order valence-corrected chi connectivity index (χ3v) is 2.17. The summed E-state index contributed by atoms with van der Waals surface area (Å²) in [6.45, 7) is 3.65. The zero-order valence-corrected chi connectivity index (χ0v) is 7.87. The lowest BCUT2D eigenvalue weighted by Gasteiger charge is -2.19. The molecule has 0 nitrogen and oxygen atoms in total. The highest BCUT2D eigenvalue weighted by atomic mass is 19.3. The molecule has 0 aliphatic rings. The molecular weight excluding hydrogens is 170 g/mol. The molecule has 72 valence electrons. The molecule has 0 N–H and O–H groups in total. The minimum absolute atomic E-state index is 0.0256. The minimum atomic E-state index is -2.28. The van der Waals surface area contributed by atoms with Gasteiger partial charge in [0.25, 0.3) is 0 Å². The van der Waals surface area contributed by atoms with Gasteiger partial charge in [0, 0.05) is 5.92 Å². The van der Waals surface area contributed by atoms with Crippen molar-refractivity contribution in [3.63, 3.8) is 0 Å². The molecule has 0 aliphatic heterocycles. The molecule has 1 atom stereocenters. The minimum Gasteiger partial charge on any atom is -0.210 e. The van der Waals surface area contributed by atoms with E-state index in [1.807, 2.05) is 19.9 Å². The van der Waals surface area contributed by atoms with E-state index in [0.29, 0.717) is 0 Å². The average molecular weight is 184 g/mol. The Morgan fingerprint density at radius 1 is 1.00 bits per heavy atom. The summed E-state index contributed by atoms with van der Waals surface area (Å²) in [5.41, 5.74) is 0.729. The molecule has 2 heteroatoms. The summed E-state index contributed by atoms with van der Waals surface area (Å²) in [6, 6.07) is 8.96. The van der Waals surface area contributed by atoms with Crippen LogP contribution in [0.1, 0.15) is 25.3 Å². The van der Waals surface area contributed by atoms with Crippen molar-refractivity contribution >= 4 is 0 Å². The fraction of sp³-hybridized carbons (Fsp3) is 0.455. The van der Waals surface area contributed by atoms with Crippen molar-refractivity contribution in [2.45, 2.75) is 26.2 Å². The first-order chi connectivity index (χ1) is 6.13. The molecule has 0 heterocycles. The second-order valence-corrected chi connectivity index (χ2v) is 3.51. The van der Waals surface area contributed by atoms with Gasteiger partial charge >= 0.3 is 0 Å². The van der Waals surface area contributed by atoms with Gasteiger partial charge in [0.1, 0.15) is 0 Å². The molecular formula is C11H14F2. The van der Waals surface area contributed by atoms with Crippen molar-refractivity contribution in [2.75, 3.05) is 0 Å². The number of hydrogen-bond acceptors (Lipinski definition) is 0. The van der Waals surface area contributed by atoms with E-state index in [1.165, 1.54) is 0 Å². The Balaban J connectivity index is 2.89. The van der Waals surface area contributed by atoms with Crippen molar-refractivity contribution < 1.29 is 8.78 Å². The molecule has 0 spiro atoms. The zero-order chi connectivity index (χ0) is 9.84. The van der Waals surface area contributed by atoms with Gasteiger partial charge in [-0.25, -0.2) is 8.78 Å². The number of benzene rings is 1. The number of alkyl halides is 2. The molecule has 0 radical (unpaired) electrons. The van der Waals surface area contributed by atoms with E-state index in [4.69, 9.17) is 0 Å². The van der Waals surface area contributed by atoms with Crippen molar-refractivity contribution in [1.82, 2.24) is 0 Å². The van der Waals surface area contributed by atoms with Gasteiger partial charge in [0.05, 0.1) is 0 Å². The molecule has 0 saturated heterocycles. The van der Waals surface area contributed by atoms with Gasteiger partial charge in [0.2, 0.25) is 6.43 Å². The fourth-order valence-corrected chi connectivity index (χ4v) is 1.50. The number of hydrogen-bond donors (Lipinski definition) is 0. The summed E-state index contributed by atoms with van der Waals surface area (Å²) >= 11 is 0. The van der Waals surface area contributed by atoms with Crippen LogP contribution in [0.3, 0.4) is 0 Å². The van der Waals surface area contributed by atoms with E-state index in [1.54, 1.807) is 24.3 Å². The predicted octanol–water partition coefficient (Wildman–Crippen LogP) is 3.69. The lowest BCUT2D eigenvalue weighted by Crippen LogP contribution is -2.15. The molecule has 0 fully saturated rings. The molecule has 0 amide bonds. The third-order valence-electron chi connectivity index (χ3n) is 2.17. The molecule has 0 aromatic heterocycles. The lowest BCUT2D eigenvalue weighted by molar-refractivity contribution is 0.0934. The van der Waals surface area contributed by atoms with Gasteiger partial charge in [-0.3, -0.25) is 0 Å².